The van der Waals surface area contributed by atoms with E-state index in [0.29, 0.717) is 5.82 Å². The van der Waals surface area contributed by atoms with Gasteiger partial charge >= 0.3 is 6.09 Å². The molecule has 1 amide bonds. The van der Waals surface area contributed by atoms with E-state index in [1.165, 1.54) is 0 Å². The number of aryl methyl sites for hydroxylation is 1. The van der Waals surface area contributed by atoms with Gasteiger partial charge in [-0.1, -0.05) is 0 Å². The predicted octanol–water partition coefficient (Wildman–Crippen LogP) is 2.85. The fourth-order valence-corrected chi connectivity index (χ4v) is 1.69. The van der Waals surface area contributed by atoms with Crippen molar-refractivity contribution in [2.24, 2.45) is 0 Å². The molecule has 1 heterocycles. The van der Waals surface area contributed by atoms with Gasteiger partial charge in [0.15, 0.2) is 5.11 Å². The molecule has 0 aliphatic carbocycles. The minimum absolute atomic E-state index is 0.120. The first-order valence-corrected chi connectivity index (χ1v) is 6.10. The lowest BCUT2D eigenvalue weighted by Gasteiger charge is -2.18. The summed E-state index contributed by atoms with van der Waals surface area (Å²) in [6.07, 6.45) is -1.08. The van der Waals surface area contributed by atoms with Gasteiger partial charge in [0.25, 0.3) is 0 Å². The number of halogens is 1. The average molecular weight is 318 g/mol. The number of nitrogens with zero attached hydrogens (tertiary/aromatic N) is 2. The van der Waals surface area contributed by atoms with Crippen LogP contribution in [0.5, 0.6) is 0 Å². The van der Waals surface area contributed by atoms with E-state index in [4.69, 9.17) is 17.3 Å². The topological polar surface area (TPSA) is 65.5 Å². The SMILES string of the molecule is CCN(C(=O)O)C(=S)Nc1ccc(Br)c(C)n1. The predicted molar refractivity (Wildman–Crippen MR) is 73.3 cm³/mol. The summed E-state index contributed by atoms with van der Waals surface area (Å²) >= 11 is 8.32. The highest BCUT2D eigenvalue weighted by Crippen LogP contribution is 2.16. The van der Waals surface area contributed by atoms with Crippen molar-refractivity contribution in [3.8, 4) is 0 Å². The van der Waals surface area contributed by atoms with E-state index in [-0.39, 0.29) is 11.7 Å². The molecular weight excluding hydrogens is 306 g/mol. The van der Waals surface area contributed by atoms with E-state index in [1.54, 1.807) is 13.0 Å². The molecule has 1 aromatic rings. The van der Waals surface area contributed by atoms with Crippen LogP contribution in [0.3, 0.4) is 0 Å². The number of rotatable bonds is 2. The number of hydrogen-bond acceptors (Lipinski definition) is 3. The van der Waals surface area contributed by atoms with Crippen LogP contribution in [-0.2, 0) is 0 Å². The van der Waals surface area contributed by atoms with Gasteiger partial charge < -0.3 is 10.4 Å². The lowest BCUT2D eigenvalue weighted by Crippen LogP contribution is -2.38. The molecule has 5 nitrogen and oxygen atoms in total. The first-order valence-electron chi connectivity index (χ1n) is 4.90. The number of hydrogen-bond donors (Lipinski definition) is 2. The average Bonchev–Trinajstić information content (AvgIpc) is 2.24. The summed E-state index contributed by atoms with van der Waals surface area (Å²) in [6.45, 7) is 3.84. The maximum absolute atomic E-state index is 10.9. The third kappa shape index (κ3) is 3.64. The number of nitrogens with one attached hydrogen (secondary N) is 1. The lowest BCUT2D eigenvalue weighted by molar-refractivity contribution is 0.171. The van der Waals surface area contributed by atoms with Gasteiger partial charge in [-0.05, 0) is 54.1 Å². The number of pyridine rings is 1. The second-order valence-corrected chi connectivity index (χ2v) is 4.46. The number of carbonyl (C=O) groups is 1. The highest BCUT2D eigenvalue weighted by molar-refractivity contribution is 9.10. The quantitative estimate of drug-likeness (QED) is 0.821. The molecule has 1 rings (SSSR count). The van der Waals surface area contributed by atoms with Gasteiger partial charge in [0.05, 0.1) is 5.69 Å². The van der Waals surface area contributed by atoms with Crippen LogP contribution in [0.1, 0.15) is 12.6 Å². The second-order valence-electron chi connectivity index (χ2n) is 3.22. The molecule has 17 heavy (non-hydrogen) atoms. The number of anilines is 1. The van der Waals surface area contributed by atoms with Crippen molar-refractivity contribution in [2.75, 3.05) is 11.9 Å². The van der Waals surface area contributed by atoms with E-state index in [0.717, 1.165) is 15.1 Å². The molecule has 0 bridgehead atoms. The molecule has 0 saturated heterocycles. The summed E-state index contributed by atoms with van der Waals surface area (Å²) in [5.74, 6) is 0.524. The van der Waals surface area contributed by atoms with Crippen LogP contribution >= 0.6 is 28.1 Å². The summed E-state index contributed by atoms with van der Waals surface area (Å²) in [7, 11) is 0. The van der Waals surface area contributed by atoms with Crippen LogP contribution in [0.2, 0.25) is 0 Å². The Kier molecular flexibility index (Phi) is 4.83. The van der Waals surface area contributed by atoms with Crippen molar-refractivity contribution in [1.82, 2.24) is 9.88 Å². The molecule has 2 N–H and O–H groups in total. The smallest absolute Gasteiger partial charge is 0.413 e. The molecule has 0 aliphatic rings. The molecule has 0 radical (unpaired) electrons. The maximum Gasteiger partial charge on any atom is 0.413 e. The molecular formula is C10H12BrN3O2S. The van der Waals surface area contributed by atoms with Crippen LogP contribution in [0.25, 0.3) is 0 Å². The molecule has 0 fully saturated rings. The Morgan fingerprint density at radius 1 is 1.65 bits per heavy atom. The van der Waals surface area contributed by atoms with E-state index >= 15 is 0 Å². The van der Waals surface area contributed by atoms with Crippen LogP contribution in [0.15, 0.2) is 16.6 Å². The maximum atomic E-state index is 10.9. The van der Waals surface area contributed by atoms with Gasteiger partial charge in [0.2, 0.25) is 0 Å². The molecule has 0 spiro atoms. The fraction of sp³-hybridized carbons (Fsp3) is 0.300. The third-order valence-electron chi connectivity index (χ3n) is 2.05. The molecule has 7 heteroatoms. The minimum Gasteiger partial charge on any atom is -0.465 e. The monoisotopic (exact) mass is 317 g/mol. The molecule has 0 aromatic carbocycles. The second kappa shape index (κ2) is 5.92. The Hall–Kier alpha value is -1.21. The van der Waals surface area contributed by atoms with E-state index in [1.807, 2.05) is 13.0 Å². The zero-order valence-corrected chi connectivity index (χ0v) is 11.8. The van der Waals surface area contributed by atoms with E-state index < -0.39 is 6.09 Å². The zero-order valence-electron chi connectivity index (χ0n) is 9.40. The Morgan fingerprint density at radius 2 is 2.29 bits per heavy atom. The van der Waals surface area contributed by atoms with Crippen molar-refractivity contribution in [1.29, 1.82) is 0 Å². The number of carboxylic acid groups (broad SMARTS) is 1. The van der Waals surface area contributed by atoms with Crippen molar-refractivity contribution in [3.05, 3.63) is 22.3 Å². The Bertz CT molecular complexity index is 453. The molecule has 92 valence electrons. The third-order valence-corrected chi connectivity index (χ3v) is 3.21. The lowest BCUT2D eigenvalue weighted by atomic mass is 10.4. The van der Waals surface area contributed by atoms with Gasteiger partial charge in [-0.2, -0.15) is 0 Å². The summed E-state index contributed by atoms with van der Waals surface area (Å²) in [6, 6.07) is 3.55. The molecule has 0 aliphatic heterocycles. The highest BCUT2D eigenvalue weighted by Gasteiger charge is 2.15. The summed E-state index contributed by atoms with van der Waals surface area (Å²) < 4.78 is 0.888. The Morgan fingerprint density at radius 3 is 2.76 bits per heavy atom. The summed E-state index contributed by atoms with van der Waals surface area (Å²) in [4.78, 5) is 16.1. The Labute approximate surface area is 113 Å². The molecule has 0 saturated carbocycles. The van der Waals surface area contributed by atoms with Gasteiger partial charge in [-0.25, -0.2) is 9.78 Å². The fourth-order valence-electron chi connectivity index (χ4n) is 1.16. The number of amides is 1. The summed E-state index contributed by atoms with van der Waals surface area (Å²) in [5, 5.41) is 11.8. The van der Waals surface area contributed by atoms with Crippen LogP contribution in [0, 0.1) is 6.92 Å². The standard InChI is InChI=1S/C10H12BrN3O2S/c1-3-14(10(15)16)9(17)13-8-5-4-7(11)6(2)12-8/h4-5H,3H2,1-2H3,(H,15,16)(H,12,13,17). The van der Waals surface area contributed by atoms with Gasteiger partial charge in [0.1, 0.15) is 5.82 Å². The molecule has 0 unspecified atom stereocenters. The van der Waals surface area contributed by atoms with E-state index in [2.05, 4.69) is 26.2 Å². The number of thiocarbonyl (C=S) groups is 1. The summed E-state index contributed by atoms with van der Waals surface area (Å²) in [5.41, 5.74) is 0.802. The van der Waals surface area contributed by atoms with Crippen LogP contribution < -0.4 is 5.32 Å². The Balaban J connectivity index is 2.80. The number of aromatic nitrogens is 1. The van der Waals surface area contributed by atoms with Crippen LogP contribution in [0.4, 0.5) is 10.6 Å². The largest absolute Gasteiger partial charge is 0.465 e. The van der Waals surface area contributed by atoms with Crippen molar-refractivity contribution < 1.29 is 9.90 Å². The van der Waals surface area contributed by atoms with Gasteiger partial charge in [-0.15, -0.1) is 0 Å². The highest BCUT2D eigenvalue weighted by atomic mass is 79.9. The molecule has 1 aromatic heterocycles. The zero-order chi connectivity index (χ0) is 13.0. The van der Waals surface area contributed by atoms with Crippen molar-refractivity contribution >= 4 is 45.2 Å². The molecule has 0 atom stereocenters. The van der Waals surface area contributed by atoms with Crippen molar-refractivity contribution in [2.45, 2.75) is 13.8 Å². The van der Waals surface area contributed by atoms with E-state index in [9.17, 15) is 4.79 Å². The van der Waals surface area contributed by atoms with Crippen molar-refractivity contribution in [3.63, 3.8) is 0 Å². The van der Waals surface area contributed by atoms with Gasteiger partial charge in [0, 0.05) is 11.0 Å². The van der Waals surface area contributed by atoms with Gasteiger partial charge in [-0.3, -0.25) is 4.90 Å². The first kappa shape index (κ1) is 13.9. The van der Waals surface area contributed by atoms with Crippen LogP contribution in [-0.4, -0.2) is 32.7 Å². The normalized spacial score (nSPS) is 9.82. The minimum atomic E-state index is -1.08. The first-order chi connectivity index (χ1) is 7.95.